The maximum atomic E-state index is 2.79. The number of fused-ring (bicyclic) bond motifs is 18. The molecule has 0 fully saturated rings. The van der Waals surface area contributed by atoms with Crippen LogP contribution >= 0.6 is 0 Å². The Morgan fingerprint density at radius 3 is 1.47 bits per heavy atom. The maximum Gasteiger partial charge on any atom is 0.329 e. The summed E-state index contributed by atoms with van der Waals surface area (Å²) in [4.78, 5) is 2.49. The van der Waals surface area contributed by atoms with Crippen molar-refractivity contribution >= 4 is 121 Å². The van der Waals surface area contributed by atoms with Gasteiger partial charge in [-0.05, 0) is 180 Å². The van der Waals surface area contributed by atoms with E-state index in [2.05, 4.69) is 281 Å². The third-order valence-corrected chi connectivity index (χ3v) is 17.8. The summed E-state index contributed by atoms with van der Waals surface area (Å²) >= 11 is 0. The van der Waals surface area contributed by atoms with Crippen LogP contribution in [0.15, 0.2) is 231 Å². The Kier molecular flexibility index (Phi) is 9.47. The smallest absolute Gasteiger partial charge is 0.329 e. The van der Waals surface area contributed by atoms with Crippen molar-refractivity contribution in [2.24, 2.45) is 0 Å². The number of benzene rings is 13. The molecule has 0 saturated heterocycles. The number of hydrogen-bond acceptors (Lipinski definition) is 1. The van der Waals surface area contributed by atoms with E-state index < -0.39 is 0 Å². The molecule has 1 aromatic heterocycles. The minimum absolute atomic E-state index is 0.0840. The summed E-state index contributed by atoms with van der Waals surface area (Å²) in [7, 11) is 0. The van der Waals surface area contributed by atoms with Crippen LogP contribution in [0, 0.1) is 0 Å². The largest absolute Gasteiger partial charge is 0.375 e. The summed E-state index contributed by atoms with van der Waals surface area (Å²) in [5.74, 6) is -0.102. The van der Waals surface area contributed by atoms with Gasteiger partial charge in [-0.2, -0.15) is 0 Å². The van der Waals surface area contributed by atoms with Crippen molar-refractivity contribution < 1.29 is 0 Å². The Labute approximate surface area is 455 Å². The van der Waals surface area contributed by atoms with E-state index in [4.69, 9.17) is 0 Å². The molecule has 78 heavy (non-hydrogen) atoms. The SMILES string of the molecule is CC(C)(C)c1cc(C2c3cc4cc5c6ccccc6c6ccccc6c5cc4cc3B3c4c(cc(N(c5ccccc5)c5ccccc5)cc42)-c2cc4ccccc4c4c5c6ccccc6ccc5n3c24)cc(C(C)(C)C)c1. The zero-order valence-electron chi connectivity index (χ0n) is 45.0. The van der Waals surface area contributed by atoms with E-state index in [1.54, 1.807) is 0 Å². The monoisotopic (exact) mass is 996 g/mol. The molecule has 0 spiro atoms. The molecule has 0 radical (unpaired) electrons. The summed E-state index contributed by atoms with van der Waals surface area (Å²) in [6.45, 7) is 14.1. The Morgan fingerprint density at radius 1 is 0.372 bits per heavy atom. The third kappa shape index (κ3) is 6.51. The summed E-state index contributed by atoms with van der Waals surface area (Å²) < 4.78 is 2.79. The second-order valence-corrected chi connectivity index (χ2v) is 24.4. The molecule has 1 unspecified atom stereocenters. The lowest BCUT2D eigenvalue weighted by molar-refractivity contribution is 0.566. The molecule has 3 heterocycles. The van der Waals surface area contributed by atoms with Crippen LogP contribution in [0.2, 0.25) is 0 Å². The lowest BCUT2D eigenvalue weighted by Gasteiger charge is -2.40. The highest BCUT2D eigenvalue weighted by Gasteiger charge is 2.45. The molecule has 16 rings (SSSR count). The molecule has 14 aromatic rings. The van der Waals surface area contributed by atoms with Gasteiger partial charge in [0.05, 0.1) is 0 Å². The van der Waals surface area contributed by atoms with Gasteiger partial charge < -0.3 is 9.38 Å². The lowest BCUT2D eigenvalue weighted by atomic mass is 9.41. The Bertz CT molecular complexity index is 4810. The van der Waals surface area contributed by atoms with Crippen LogP contribution < -0.4 is 15.8 Å². The second-order valence-electron chi connectivity index (χ2n) is 24.4. The number of anilines is 3. The standard InChI is InChI=1S/C75H57BN2/c1-74(2,3)50-35-49(36-51(42-50)75(4,5)6)69-65-40-47-38-61-59-31-19-17-29-57(59)58-30-18-20-32-60(58)62(61)39-48(47)41-67(65)76-72-63(43-54(44-66(69)72)77(52-23-9-7-10-24-52)53-25-11-8-12-26-53)64-37-46-22-14-16-28-56(46)71-70-55-27-15-13-21-45(55)33-34-68(70)78(76)73(64)71/h7-44,69H,1-6H3. The fourth-order valence-electron chi connectivity index (χ4n) is 14.2. The quantitative estimate of drug-likeness (QED) is 0.0969. The van der Waals surface area contributed by atoms with Crippen molar-refractivity contribution in [3.8, 4) is 11.1 Å². The van der Waals surface area contributed by atoms with Crippen LogP contribution in [0.5, 0.6) is 0 Å². The highest BCUT2D eigenvalue weighted by atomic mass is 15.1. The van der Waals surface area contributed by atoms with Gasteiger partial charge in [-0.15, -0.1) is 0 Å². The second kappa shape index (κ2) is 16.3. The van der Waals surface area contributed by atoms with Crippen LogP contribution in [-0.4, -0.2) is 11.3 Å². The van der Waals surface area contributed by atoms with Gasteiger partial charge in [-0.1, -0.05) is 211 Å². The van der Waals surface area contributed by atoms with E-state index >= 15 is 0 Å². The number of para-hydroxylation sites is 2. The molecule has 13 aromatic carbocycles. The first kappa shape index (κ1) is 45.3. The highest BCUT2D eigenvalue weighted by molar-refractivity contribution is 6.88. The Hall–Kier alpha value is -8.92. The number of hydrogen-bond donors (Lipinski definition) is 0. The van der Waals surface area contributed by atoms with Crippen molar-refractivity contribution in [2.75, 3.05) is 4.90 Å². The van der Waals surface area contributed by atoms with Gasteiger partial charge in [-0.3, -0.25) is 0 Å². The van der Waals surface area contributed by atoms with E-state index in [1.807, 2.05) is 0 Å². The molecular weight excluding hydrogens is 940 g/mol. The average molecular weight is 997 g/mol. The minimum Gasteiger partial charge on any atom is -0.375 e. The number of rotatable bonds is 4. The van der Waals surface area contributed by atoms with Crippen LogP contribution in [0.25, 0.3) is 97.6 Å². The van der Waals surface area contributed by atoms with Crippen molar-refractivity contribution in [2.45, 2.75) is 58.3 Å². The van der Waals surface area contributed by atoms with Crippen LogP contribution in [0.4, 0.5) is 17.1 Å². The van der Waals surface area contributed by atoms with Gasteiger partial charge >= 0.3 is 6.85 Å². The average Bonchev–Trinajstić information content (AvgIpc) is 3.85. The zero-order chi connectivity index (χ0) is 52.3. The van der Waals surface area contributed by atoms with Gasteiger partial charge in [0.2, 0.25) is 0 Å². The molecule has 0 saturated carbocycles. The van der Waals surface area contributed by atoms with E-state index in [0.717, 1.165) is 17.1 Å². The van der Waals surface area contributed by atoms with E-state index in [0.29, 0.717) is 0 Å². The Morgan fingerprint density at radius 2 is 0.885 bits per heavy atom. The minimum atomic E-state index is -0.131. The molecule has 0 amide bonds. The van der Waals surface area contributed by atoms with Crippen LogP contribution in [0.3, 0.4) is 0 Å². The molecule has 0 bridgehead atoms. The summed E-state index contributed by atoms with van der Waals surface area (Å²) in [5.41, 5.74) is 17.9. The molecular formula is C75H57BN2. The van der Waals surface area contributed by atoms with Gasteiger partial charge in [0.1, 0.15) is 0 Å². The zero-order valence-corrected chi connectivity index (χ0v) is 45.0. The van der Waals surface area contributed by atoms with Crippen molar-refractivity contribution in [3.05, 3.63) is 258 Å². The van der Waals surface area contributed by atoms with E-state index in [-0.39, 0.29) is 23.6 Å². The maximum absolute atomic E-state index is 2.79. The number of aromatic nitrogens is 1. The number of nitrogens with zero attached hydrogens (tertiary/aromatic N) is 2. The summed E-state index contributed by atoms with van der Waals surface area (Å²) in [6.07, 6.45) is 0. The lowest BCUT2D eigenvalue weighted by Crippen LogP contribution is -2.57. The van der Waals surface area contributed by atoms with Crippen LogP contribution in [-0.2, 0) is 10.8 Å². The van der Waals surface area contributed by atoms with Gasteiger partial charge in [0.25, 0.3) is 0 Å². The molecule has 3 heteroatoms. The molecule has 2 aliphatic rings. The van der Waals surface area contributed by atoms with Crippen molar-refractivity contribution in [3.63, 3.8) is 0 Å². The molecule has 370 valence electrons. The van der Waals surface area contributed by atoms with Crippen molar-refractivity contribution in [1.29, 1.82) is 0 Å². The topological polar surface area (TPSA) is 8.17 Å². The molecule has 2 aliphatic heterocycles. The Balaban J connectivity index is 1.12. The van der Waals surface area contributed by atoms with Crippen molar-refractivity contribution in [1.82, 2.24) is 4.48 Å². The fourth-order valence-corrected chi connectivity index (χ4v) is 14.2. The van der Waals surface area contributed by atoms with Gasteiger partial charge in [-0.25, -0.2) is 0 Å². The first-order valence-electron chi connectivity index (χ1n) is 27.9. The van der Waals surface area contributed by atoms with E-state index in [9.17, 15) is 0 Å². The first-order valence-corrected chi connectivity index (χ1v) is 27.9. The highest BCUT2D eigenvalue weighted by Crippen LogP contribution is 2.51. The fraction of sp³-hybridized carbons (Fsp3) is 0.120. The molecule has 1 atom stereocenters. The molecule has 2 nitrogen and oxygen atoms in total. The van der Waals surface area contributed by atoms with Gasteiger partial charge in [0.15, 0.2) is 0 Å². The first-order chi connectivity index (χ1) is 38.0. The normalized spacial score (nSPS) is 14.1. The van der Waals surface area contributed by atoms with E-state index in [1.165, 1.54) is 136 Å². The summed E-state index contributed by atoms with van der Waals surface area (Å²) in [5, 5.41) is 18.1. The third-order valence-electron chi connectivity index (χ3n) is 17.8. The van der Waals surface area contributed by atoms with Gasteiger partial charge in [0, 0.05) is 50.3 Å². The molecule has 0 aliphatic carbocycles. The predicted molar refractivity (Wildman–Crippen MR) is 336 cm³/mol. The predicted octanol–water partition coefficient (Wildman–Crippen LogP) is 18.9. The molecule has 0 N–H and O–H groups in total. The van der Waals surface area contributed by atoms with Crippen LogP contribution in [0.1, 0.15) is 75.3 Å². The summed E-state index contributed by atoms with van der Waals surface area (Å²) in [6, 6.07) is 88.5.